The summed E-state index contributed by atoms with van der Waals surface area (Å²) in [6, 6.07) is 5.32. The molecule has 0 bridgehead atoms. The van der Waals surface area contributed by atoms with Crippen LogP contribution in [-0.4, -0.2) is 28.8 Å². The van der Waals surface area contributed by atoms with Crippen molar-refractivity contribution in [1.82, 2.24) is 15.1 Å². The number of aromatic nitrogens is 3. The highest BCUT2D eigenvalue weighted by Crippen LogP contribution is 2.17. The maximum absolute atomic E-state index is 8.76. The van der Waals surface area contributed by atoms with Crippen LogP contribution in [0, 0.1) is 11.3 Å². The smallest absolute Gasteiger partial charge is 0.258 e. The zero-order chi connectivity index (χ0) is 12.8. The first kappa shape index (κ1) is 12.2. The minimum absolute atomic E-state index is 0.326. The van der Waals surface area contributed by atoms with Crippen LogP contribution in [0.1, 0.15) is 17.9 Å². The number of aryl methyl sites for hydroxylation is 1. The lowest BCUT2D eigenvalue weighted by Crippen LogP contribution is -1.94. The number of ether oxygens (including phenoxy) is 1. The van der Waals surface area contributed by atoms with E-state index < -0.39 is 0 Å². The van der Waals surface area contributed by atoms with Crippen molar-refractivity contribution in [3.05, 3.63) is 29.8 Å². The molecule has 0 N–H and O–H groups in total. The minimum Gasteiger partial charge on any atom is -0.385 e. The maximum Gasteiger partial charge on any atom is 0.258 e. The number of pyridine rings is 1. The average Bonchev–Trinajstić information content (AvgIpc) is 2.88. The lowest BCUT2D eigenvalue weighted by atomic mass is 10.2. The number of hydrogen-bond donors (Lipinski definition) is 0. The van der Waals surface area contributed by atoms with Gasteiger partial charge in [0.25, 0.3) is 5.89 Å². The lowest BCUT2D eigenvalue weighted by molar-refractivity contribution is 0.194. The molecule has 0 aliphatic carbocycles. The van der Waals surface area contributed by atoms with Crippen LogP contribution in [0.4, 0.5) is 0 Å². The molecule has 6 nitrogen and oxygen atoms in total. The molecule has 0 aliphatic rings. The number of rotatable bonds is 5. The molecule has 0 amide bonds. The predicted molar refractivity (Wildman–Crippen MR) is 62.4 cm³/mol. The zero-order valence-corrected chi connectivity index (χ0v) is 9.96. The highest BCUT2D eigenvalue weighted by atomic mass is 16.5. The molecule has 92 valence electrons. The molecule has 0 fully saturated rings. The summed E-state index contributed by atoms with van der Waals surface area (Å²) >= 11 is 0. The minimum atomic E-state index is 0.326. The lowest BCUT2D eigenvalue weighted by Gasteiger charge is -1.94. The Balaban J connectivity index is 2.11. The molecule has 2 aromatic heterocycles. The number of nitriles is 1. The van der Waals surface area contributed by atoms with Crippen molar-refractivity contribution in [1.29, 1.82) is 5.26 Å². The fourth-order valence-corrected chi connectivity index (χ4v) is 1.47. The van der Waals surface area contributed by atoms with Gasteiger partial charge in [0.05, 0.1) is 0 Å². The molecule has 0 unspecified atom stereocenters. The topological polar surface area (TPSA) is 84.8 Å². The summed E-state index contributed by atoms with van der Waals surface area (Å²) in [7, 11) is 1.65. The highest BCUT2D eigenvalue weighted by molar-refractivity contribution is 5.53. The van der Waals surface area contributed by atoms with E-state index in [4.69, 9.17) is 14.5 Å². The van der Waals surface area contributed by atoms with E-state index >= 15 is 0 Å². The summed E-state index contributed by atoms with van der Waals surface area (Å²) in [5.41, 5.74) is 1.03. The second kappa shape index (κ2) is 5.89. The molecule has 2 aromatic rings. The van der Waals surface area contributed by atoms with Crippen LogP contribution >= 0.6 is 0 Å². The van der Waals surface area contributed by atoms with E-state index in [0.29, 0.717) is 36.0 Å². The van der Waals surface area contributed by atoms with Crippen LogP contribution in [-0.2, 0) is 11.2 Å². The van der Waals surface area contributed by atoms with E-state index in [1.165, 1.54) is 0 Å². The summed E-state index contributed by atoms with van der Waals surface area (Å²) in [5.74, 6) is 1.04. The van der Waals surface area contributed by atoms with Gasteiger partial charge in [-0.15, -0.1) is 0 Å². The molecule has 0 radical (unpaired) electrons. The largest absolute Gasteiger partial charge is 0.385 e. The van der Waals surface area contributed by atoms with Crippen molar-refractivity contribution in [3.63, 3.8) is 0 Å². The Morgan fingerprint density at radius 2 is 2.39 bits per heavy atom. The van der Waals surface area contributed by atoms with Gasteiger partial charge >= 0.3 is 0 Å². The van der Waals surface area contributed by atoms with E-state index in [1.54, 1.807) is 25.4 Å². The fraction of sp³-hybridized carbons (Fsp3) is 0.333. The Kier molecular flexibility index (Phi) is 3.99. The Bertz CT molecular complexity index is 559. The molecule has 0 aliphatic heterocycles. The van der Waals surface area contributed by atoms with Crippen molar-refractivity contribution in [2.24, 2.45) is 0 Å². The Labute approximate surface area is 104 Å². The monoisotopic (exact) mass is 244 g/mol. The van der Waals surface area contributed by atoms with E-state index in [9.17, 15) is 0 Å². The van der Waals surface area contributed by atoms with E-state index in [2.05, 4.69) is 15.1 Å². The van der Waals surface area contributed by atoms with Crippen LogP contribution in [0.5, 0.6) is 0 Å². The molecule has 2 heterocycles. The second-order valence-electron chi connectivity index (χ2n) is 3.65. The summed E-state index contributed by atoms with van der Waals surface area (Å²) in [4.78, 5) is 8.14. The van der Waals surface area contributed by atoms with Crippen LogP contribution in [0.15, 0.2) is 22.9 Å². The molecule has 18 heavy (non-hydrogen) atoms. The number of nitrogens with zero attached hydrogens (tertiary/aromatic N) is 4. The van der Waals surface area contributed by atoms with Crippen molar-refractivity contribution >= 4 is 0 Å². The van der Waals surface area contributed by atoms with Gasteiger partial charge in [-0.3, -0.25) is 0 Å². The molecule has 0 atom stereocenters. The van der Waals surface area contributed by atoms with Crippen molar-refractivity contribution in [3.8, 4) is 17.5 Å². The third-order valence-corrected chi connectivity index (χ3v) is 2.34. The summed E-state index contributed by atoms with van der Waals surface area (Å²) in [6.07, 6.45) is 3.09. The van der Waals surface area contributed by atoms with Crippen LogP contribution in [0.3, 0.4) is 0 Å². The highest BCUT2D eigenvalue weighted by Gasteiger charge is 2.09. The first-order valence-corrected chi connectivity index (χ1v) is 5.51. The molecule has 0 saturated carbocycles. The standard InChI is InChI=1S/C12H12N4O2/c1-17-6-2-3-11-15-12(18-16-11)9-4-5-14-10(7-9)8-13/h4-5,7H,2-3,6H2,1H3. The molecular formula is C12H12N4O2. The molecule has 0 aromatic carbocycles. The number of hydrogen-bond acceptors (Lipinski definition) is 6. The average molecular weight is 244 g/mol. The Morgan fingerprint density at radius 3 is 3.17 bits per heavy atom. The van der Waals surface area contributed by atoms with E-state index in [0.717, 1.165) is 6.42 Å². The summed E-state index contributed by atoms with van der Waals surface area (Å²) < 4.78 is 10.1. The van der Waals surface area contributed by atoms with Gasteiger partial charge in [-0.2, -0.15) is 10.2 Å². The SMILES string of the molecule is COCCCc1noc(-c2ccnc(C#N)c2)n1. The van der Waals surface area contributed by atoms with Crippen LogP contribution < -0.4 is 0 Å². The molecule has 2 rings (SSSR count). The summed E-state index contributed by atoms with van der Waals surface area (Å²) in [5, 5.41) is 12.6. The molecular weight excluding hydrogens is 232 g/mol. The summed E-state index contributed by atoms with van der Waals surface area (Å²) in [6.45, 7) is 0.664. The number of methoxy groups -OCH3 is 1. The van der Waals surface area contributed by atoms with Crippen LogP contribution in [0.2, 0.25) is 0 Å². The fourth-order valence-electron chi connectivity index (χ4n) is 1.47. The molecule has 0 saturated heterocycles. The normalized spacial score (nSPS) is 10.2. The van der Waals surface area contributed by atoms with Gasteiger partial charge in [0.1, 0.15) is 11.8 Å². The van der Waals surface area contributed by atoms with Crippen LogP contribution in [0.25, 0.3) is 11.5 Å². The third-order valence-electron chi connectivity index (χ3n) is 2.34. The Hall–Kier alpha value is -2.26. The molecule has 0 spiro atoms. The quantitative estimate of drug-likeness (QED) is 0.742. The van der Waals surface area contributed by atoms with Gasteiger partial charge in [0.15, 0.2) is 5.82 Å². The predicted octanol–water partition coefficient (Wildman–Crippen LogP) is 1.58. The van der Waals surface area contributed by atoms with E-state index in [1.807, 2.05) is 6.07 Å². The van der Waals surface area contributed by atoms with Gasteiger partial charge in [-0.05, 0) is 18.6 Å². The van der Waals surface area contributed by atoms with Gasteiger partial charge < -0.3 is 9.26 Å². The van der Waals surface area contributed by atoms with Crippen molar-refractivity contribution in [2.45, 2.75) is 12.8 Å². The first-order valence-electron chi connectivity index (χ1n) is 5.51. The van der Waals surface area contributed by atoms with Gasteiger partial charge in [0.2, 0.25) is 0 Å². The van der Waals surface area contributed by atoms with Gasteiger partial charge in [-0.1, -0.05) is 5.16 Å². The van der Waals surface area contributed by atoms with Gasteiger partial charge in [-0.25, -0.2) is 4.98 Å². The van der Waals surface area contributed by atoms with Gasteiger partial charge in [0, 0.05) is 31.9 Å². The van der Waals surface area contributed by atoms with E-state index in [-0.39, 0.29) is 0 Å². The van der Waals surface area contributed by atoms with Crippen molar-refractivity contribution < 1.29 is 9.26 Å². The second-order valence-corrected chi connectivity index (χ2v) is 3.65. The first-order chi connectivity index (χ1) is 8.83. The van der Waals surface area contributed by atoms with Crippen molar-refractivity contribution in [2.75, 3.05) is 13.7 Å². The Morgan fingerprint density at radius 1 is 1.50 bits per heavy atom. The third kappa shape index (κ3) is 2.90. The zero-order valence-electron chi connectivity index (χ0n) is 9.96. The maximum atomic E-state index is 8.76. The molecule has 6 heteroatoms.